The van der Waals surface area contributed by atoms with Crippen LogP contribution in [0.3, 0.4) is 0 Å². The van der Waals surface area contributed by atoms with Gasteiger partial charge in [-0.25, -0.2) is 0 Å². The van der Waals surface area contributed by atoms with E-state index < -0.39 is 0 Å². The molecule has 0 fully saturated rings. The lowest BCUT2D eigenvalue weighted by atomic mass is 10.5. The molecule has 0 spiro atoms. The topological polar surface area (TPSA) is 26.3 Å². The second-order valence-electron chi connectivity index (χ2n) is 1.67. The molecule has 4 heteroatoms. The summed E-state index contributed by atoms with van der Waals surface area (Å²) in [6.07, 6.45) is 0. The van der Waals surface area contributed by atoms with Gasteiger partial charge >= 0.3 is 0 Å². The van der Waals surface area contributed by atoms with Crippen LogP contribution >= 0.6 is 24.0 Å². The second kappa shape index (κ2) is 5.68. The number of thioether (sulfide) groups is 1. The predicted octanol–water partition coefficient (Wildman–Crippen LogP) is 1.63. The van der Waals surface area contributed by atoms with Crippen molar-refractivity contribution in [1.82, 2.24) is 0 Å². The van der Waals surface area contributed by atoms with Crippen molar-refractivity contribution in [2.45, 2.75) is 13.8 Å². The molecule has 0 saturated carbocycles. The van der Waals surface area contributed by atoms with Crippen molar-refractivity contribution in [2.75, 3.05) is 12.4 Å². The first-order valence-corrected chi connectivity index (χ1v) is 4.35. The average Bonchev–Trinajstić information content (AvgIpc) is 1.85. The third kappa shape index (κ3) is 6.04. The number of ketones is 1. The minimum Gasteiger partial charge on any atom is -0.479 e. The highest BCUT2D eigenvalue weighted by molar-refractivity contribution is 8.23. The molecule has 0 unspecified atom stereocenters. The van der Waals surface area contributed by atoms with Gasteiger partial charge in [-0.15, -0.1) is 0 Å². The number of ether oxygens (including phenoxy) is 1. The van der Waals surface area contributed by atoms with Crippen LogP contribution in [0.4, 0.5) is 0 Å². The maximum atomic E-state index is 10.4. The summed E-state index contributed by atoms with van der Waals surface area (Å²) in [6, 6.07) is 0. The zero-order chi connectivity index (χ0) is 7.98. The first-order valence-electron chi connectivity index (χ1n) is 2.95. The van der Waals surface area contributed by atoms with Gasteiger partial charge in [-0.1, -0.05) is 11.8 Å². The highest BCUT2D eigenvalue weighted by Gasteiger charge is 1.98. The van der Waals surface area contributed by atoms with Crippen LogP contribution in [0, 0.1) is 0 Å². The fourth-order valence-electron chi connectivity index (χ4n) is 0.320. The van der Waals surface area contributed by atoms with Crippen LogP contribution in [-0.4, -0.2) is 22.5 Å². The molecule has 0 atom stereocenters. The Bertz CT molecular complexity index is 134. The van der Waals surface area contributed by atoms with E-state index >= 15 is 0 Å². The highest BCUT2D eigenvalue weighted by atomic mass is 32.2. The lowest BCUT2D eigenvalue weighted by Crippen LogP contribution is -2.01. The van der Waals surface area contributed by atoms with Gasteiger partial charge in [0, 0.05) is 0 Å². The van der Waals surface area contributed by atoms with Crippen molar-refractivity contribution < 1.29 is 9.53 Å². The van der Waals surface area contributed by atoms with E-state index in [0.29, 0.717) is 16.7 Å². The van der Waals surface area contributed by atoms with E-state index in [1.54, 1.807) is 0 Å². The molecule has 0 heterocycles. The van der Waals surface area contributed by atoms with Crippen LogP contribution < -0.4 is 0 Å². The van der Waals surface area contributed by atoms with Crippen molar-refractivity contribution in [3.05, 3.63) is 0 Å². The fraction of sp³-hybridized carbons (Fsp3) is 0.667. The van der Waals surface area contributed by atoms with Crippen molar-refractivity contribution in [3.63, 3.8) is 0 Å². The average molecular weight is 178 g/mol. The van der Waals surface area contributed by atoms with E-state index in [1.165, 1.54) is 18.7 Å². The maximum Gasteiger partial charge on any atom is 0.220 e. The number of hydrogen-bond donors (Lipinski definition) is 0. The lowest BCUT2D eigenvalue weighted by Gasteiger charge is -2.00. The molecule has 0 aromatic heterocycles. The summed E-state index contributed by atoms with van der Waals surface area (Å²) in [5.41, 5.74) is 0. The van der Waals surface area contributed by atoms with Gasteiger partial charge in [-0.05, 0) is 26.1 Å². The summed E-state index contributed by atoms with van der Waals surface area (Å²) < 4.78 is 5.39. The van der Waals surface area contributed by atoms with E-state index in [0.717, 1.165) is 0 Å². The first-order chi connectivity index (χ1) is 4.66. The van der Waals surface area contributed by atoms with Gasteiger partial charge in [0.2, 0.25) is 4.38 Å². The number of hydrogen-bond acceptors (Lipinski definition) is 4. The van der Waals surface area contributed by atoms with Crippen molar-refractivity contribution in [1.29, 1.82) is 0 Å². The van der Waals surface area contributed by atoms with Crippen LogP contribution in [0.15, 0.2) is 0 Å². The fourth-order valence-corrected chi connectivity index (χ4v) is 1.14. The third-order valence-electron chi connectivity index (χ3n) is 0.655. The zero-order valence-corrected chi connectivity index (χ0v) is 7.68. The molecule has 0 aliphatic rings. The molecule has 0 aromatic carbocycles. The van der Waals surface area contributed by atoms with E-state index in [1.807, 2.05) is 6.92 Å². The molecule has 2 nitrogen and oxygen atoms in total. The summed E-state index contributed by atoms with van der Waals surface area (Å²) in [4.78, 5) is 10.4. The Kier molecular flexibility index (Phi) is 5.63. The highest BCUT2D eigenvalue weighted by Crippen LogP contribution is 2.04. The van der Waals surface area contributed by atoms with E-state index in [2.05, 4.69) is 0 Å². The molecule has 0 N–H and O–H groups in total. The van der Waals surface area contributed by atoms with Gasteiger partial charge in [0.25, 0.3) is 0 Å². The summed E-state index contributed by atoms with van der Waals surface area (Å²) in [6.45, 7) is 3.96. The van der Waals surface area contributed by atoms with Crippen molar-refractivity contribution >= 4 is 34.1 Å². The molecule has 0 aromatic rings. The van der Waals surface area contributed by atoms with Crippen LogP contribution in [0.2, 0.25) is 0 Å². The molecular formula is C6H10O2S2. The van der Waals surface area contributed by atoms with Crippen molar-refractivity contribution in [2.24, 2.45) is 0 Å². The SMILES string of the molecule is CCOC(=S)SCC(C)=O. The van der Waals surface area contributed by atoms with Gasteiger partial charge < -0.3 is 4.74 Å². The number of carbonyl (C=O) groups is 1. The monoisotopic (exact) mass is 178 g/mol. The molecule has 58 valence electrons. The van der Waals surface area contributed by atoms with Crippen LogP contribution in [-0.2, 0) is 9.53 Å². The largest absolute Gasteiger partial charge is 0.479 e. The first kappa shape index (κ1) is 9.91. The van der Waals surface area contributed by atoms with Gasteiger partial charge in [0.1, 0.15) is 5.78 Å². The third-order valence-corrected chi connectivity index (χ3v) is 2.03. The molecule has 0 aliphatic heterocycles. The molecule has 0 saturated heterocycles. The quantitative estimate of drug-likeness (QED) is 0.614. The van der Waals surface area contributed by atoms with E-state index in [4.69, 9.17) is 17.0 Å². The van der Waals surface area contributed by atoms with Crippen LogP contribution in [0.1, 0.15) is 13.8 Å². The lowest BCUT2D eigenvalue weighted by molar-refractivity contribution is -0.114. The summed E-state index contributed by atoms with van der Waals surface area (Å²) in [7, 11) is 0. The molecule has 0 aliphatic carbocycles. The molecule has 10 heavy (non-hydrogen) atoms. The van der Waals surface area contributed by atoms with Gasteiger partial charge in [0.05, 0.1) is 12.4 Å². The number of thiocarbonyl (C=S) groups is 1. The Labute approximate surface area is 70.3 Å². The van der Waals surface area contributed by atoms with Gasteiger partial charge in [0.15, 0.2) is 0 Å². The molecule has 0 radical (unpaired) electrons. The minimum atomic E-state index is 0.118. The molecule has 0 bridgehead atoms. The Balaban J connectivity index is 3.30. The smallest absolute Gasteiger partial charge is 0.220 e. The Morgan fingerprint density at radius 3 is 2.70 bits per heavy atom. The van der Waals surface area contributed by atoms with E-state index in [-0.39, 0.29) is 5.78 Å². The summed E-state index contributed by atoms with van der Waals surface area (Å²) >= 11 is 6.03. The Hall–Kier alpha value is -0.0900. The maximum absolute atomic E-state index is 10.4. The van der Waals surface area contributed by atoms with E-state index in [9.17, 15) is 4.79 Å². The van der Waals surface area contributed by atoms with Crippen LogP contribution in [0.25, 0.3) is 0 Å². The van der Waals surface area contributed by atoms with Gasteiger partial charge in [-0.3, -0.25) is 4.79 Å². The molecular weight excluding hydrogens is 168 g/mol. The number of carbonyl (C=O) groups excluding carboxylic acids is 1. The van der Waals surface area contributed by atoms with Gasteiger partial charge in [-0.2, -0.15) is 0 Å². The minimum absolute atomic E-state index is 0.118. The van der Waals surface area contributed by atoms with Crippen LogP contribution in [0.5, 0.6) is 0 Å². The number of rotatable bonds is 3. The Morgan fingerprint density at radius 2 is 2.30 bits per heavy atom. The zero-order valence-electron chi connectivity index (χ0n) is 6.05. The molecule has 0 rings (SSSR count). The second-order valence-corrected chi connectivity index (χ2v) is 3.25. The standard InChI is InChI=1S/C6H10O2S2/c1-3-8-6(9)10-4-5(2)7/h3-4H2,1-2H3. The Morgan fingerprint density at radius 1 is 1.70 bits per heavy atom. The summed E-state index contributed by atoms with van der Waals surface area (Å²) in [5, 5.41) is 0. The normalized spacial score (nSPS) is 9.00. The summed E-state index contributed by atoms with van der Waals surface area (Å²) in [5.74, 6) is 0.533. The van der Waals surface area contributed by atoms with Crippen molar-refractivity contribution in [3.8, 4) is 0 Å². The predicted molar refractivity (Wildman–Crippen MR) is 47.4 cm³/mol. The molecule has 0 amide bonds. The number of Topliss-reactive ketones (excluding diaryl/α,β-unsaturated/α-hetero) is 1.